The molecule has 0 bridgehead atoms. The molecule has 1 aliphatic heterocycles. The van der Waals surface area contributed by atoms with Gasteiger partial charge in [0.1, 0.15) is 0 Å². The molecule has 0 saturated carbocycles. The van der Waals surface area contributed by atoms with E-state index in [4.69, 9.17) is 0 Å². The highest BCUT2D eigenvalue weighted by atomic mass is 32.1. The second-order valence-corrected chi connectivity index (χ2v) is 6.61. The van der Waals surface area contributed by atoms with Gasteiger partial charge in [-0.05, 0) is 50.9 Å². The highest BCUT2D eigenvalue weighted by Gasteiger charge is 2.25. The van der Waals surface area contributed by atoms with Crippen LogP contribution in [0.2, 0.25) is 0 Å². The van der Waals surface area contributed by atoms with Crippen LogP contribution in [0.3, 0.4) is 0 Å². The van der Waals surface area contributed by atoms with Crippen molar-refractivity contribution in [1.29, 1.82) is 0 Å². The van der Waals surface area contributed by atoms with Crippen molar-refractivity contribution in [3.8, 4) is 0 Å². The average molecular weight is 289 g/mol. The van der Waals surface area contributed by atoms with Crippen molar-refractivity contribution in [1.82, 2.24) is 10.3 Å². The number of nitrogens with one attached hydrogen (secondary N) is 1. The fourth-order valence-electron chi connectivity index (χ4n) is 3.11. The zero-order valence-corrected chi connectivity index (χ0v) is 13.1. The lowest BCUT2D eigenvalue weighted by Crippen LogP contribution is -2.47. The quantitative estimate of drug-likeness (QED) is 0.931. The van der Waals surface area contributed by atoms with Crippen LogP contribution >= 0.6 is 11.3 Å². The lowest BCUT2D eigenvalue weighted by molar-refractivity contribution is 0.369. The summed E-state index contributed by atoms with van der Waals surface area (Å²) in [6.07, 6.45) is 3.70. The fraction of sp³-hybridized carbons (Fsp3) is 0.562. The normalized spacial score (nSPS) is 23.4. The van der Waals surface area contributed by atoms with E-state index in [-0.39, 0.29) is 0 Å². The van der Waals surface area contributed by atoms with Gasteiger partial charge in [-0.1, -0.05) is 6.92 Å². The molecule has 0 radical (unpaired) electrons. The molecule has 0 aliphatic carbocycles. The van der Waals surface area contributed by atoms with Gasteiger partial charge in [-0.2, -0.15) is 0 Å². The Labute approximate surface area is 125 Å². The first-order valence-corrected chi connectivity index (χ1v) is 8.49. The van der Waals surface area contributed by atoms with Crippen LogP contribution in [0.25, 0.3) is 10.2 Å². The van der Waals surface area contributed by atoms with Crippen molar-refractivity contribution < 1.29 is 0 Å². The van der Waals surface area contributed by atoms with Crippen molar-refractivity contribution in [3.05, 3.63) is 23.7 Å². The Balaban J connectivity index is 1.71. The lowest BCUT2D eigenvalue weighted by Gasteiger charge is -2.39. The number of rotatable bonds is 4. The molecule has 4 heteroatoms. The SMILES string of the molecule is CCCNC1CCN(c2ccc3ncsc3c2)C(C)C1. The second kappa shape index (κ2) is 6.10. The van der Waals surface area contributed by atoms with E-state index in [2.05, 4.69) is 47.2 Å². The maximum atomic E-state index is 4.36. The zero-order chi connectivity index (χ0) is 13.9. The molecule has 1 saturated heterocycles. The Morgan fingerprint density at radius 2 is 2.35 bits per heavy atom. The fourth-order valence-corrected chi connectivity index (χ4v) is 3.82. The topological polar surface area (TPSA) is 28.2 Å². The van der Waals surface area contributed by atoms with Gasteiger partial charge >= 0.3 is 0 Å². The summed E-state index contributed by atoms with van der Waals surface area (Å²) in [7, 11) is 0. The molecular formula is C16H23N3S. The monoisotopic (exact) mass is 289 g/mol. The molecule has 20 heavy (non-hydrogen) atoms. The summed E-state index contributed by atoms with van der Waals surface area (Å²) in [5.74, 6) is 0. The Morgan fingerprint density at radius 3 is 3.15 bits per heavy atom. The van der Waals surface area contributed by atoms with Gasteiger partial charge in [-0.3, -0.25) is 0 Å². The van der Waals surface area contributed by atoms with Crippen LogP contribution in [0.5, 0.6) is 0 Å². The summed E-state index contributed by atoms with van der Waals surface area (Å²) >= 11 is 1.73. The van der Waals surface area contributed by atoms with E-state index in [1.165, 1.54) is 29.6 Å². The number of aromatic nitrogens is 1. The van der Waals surface area contributed by atoms with Gasteiger partial charge in [-0.25, -0.2) is 4.98 Å². The van der Waals surface area contributed by atoms with Gasteiger partial charge in [0.2, 0.25) is 0 Å². The molecule has 2 aromatic rings. The number of fused-ring (bicyclic) bond motifs is 1. The molecule has 1 N–H and O–H groups in total. The molecule has 1 aromatic carbocycles. The number of hydrogen-bond acceptors (Lipinski definition) is 4. The highest BCUT2D eigenvalue weighted by molar-refractivity contribution is 7.16. The first-order valence-electron chi connectivity index (χ1n) is 7.61. The largest absolute Gasteiger partial charge is 0.369 e. The van der Waals surface area contributed by atoms with Gasteiger partial charge in [0.05, 0.1) is 15.7 Å². The van der Waals surface area contributed by atoms with Crippen LogP contribution in [0.4, 0.5) is 5.69 Å². The second-order valence-electron chi connectivity index (χ2n) is 5.72. The summed E-state index contributed by atoms with van der Waals surface area (Å²) in [4.78, 5) is 6.90. The minimum Gasteiger partial charge on any atom is -0.369 e. The summed E-state index contributed by atoms with van der Waals surface area (Å²) in [5.41, 5.74) is 4.40. The summed E-state index contributed by atoms with van der Waals surface area (Å²) in [5, 5.41) is 3.66. The first kappa shape index (κ1) is 13.8. The molecule has 3 rings (SSSR count). The number of benzene rings is 1. The van der Waals surface area contributed by atoms with E-state index >= 15 is 0 Å². The maximum Gasteiger partial charge on any atom is 0.0813 e. The van der Waals surface area contributed by atoms with Crippen LogP contribution in [0.1, 0.15) is 33.1 Å². The Kier molecular flexibility index (Phi) is 4.22. The van der Waals surface area contributed by atoms with E-state index in [9.17, 15) is 0 Å². The highest BCUT2D eigenvalue weighted by Crippen LogP contribution is 2.29. The molecule has 0 amide bonds. The van der Waals surface area contributed by atoms with Crippen molar-refractivity contribution in [2.75, 3.05) is 18.0 Å². The van der Waals surface area contributed by atoms with E-state index < -0.39 is 0 Å². The third kappa shape index (κ3) is 2.81. The Morgan fingerprint density at radius 1 is 1.45 bits per heavy atom. The number of nitrogens with zero attached hydrogens (tertiary/aromatic N) is 2. The molecule has 1 fully saturated rings. The summed E-state index contributed by atoms with van der Waals surface area (Å²) < 4.78 is 1.29. The standard InChI is InChI=1S/C16H23N3S/c1-3-7-17-13-6-8-19(12(2)9-13)14-4-5-15-16(10-14)20-11-18-15/h4-5,10-13,17H,3,6-9H2,1-2H3. The number of piperidine rings is 1. The minimum absolute atomic E-state index is 0.600. The van der Waals surface area contributed by atoms with Crippen LogP contribution in [0, 0.1) is 0 Å². The van der Waals surface area contributed by atoms with Crippen LogP contribution < -0.4 is 10.2 Å². The average Bonchev–Trinajstić information content (AvgIpc) is 2.92. The van der Waals surface area contributed by atoms with Gasteiger partial charge in [-0.15, -0.1) is 11.3 Å². The minimum atomic E-state index is 0.600. The van der Waals surface area contributed by atoms with Crippen molar-refractivity contribution in [2.24, 2.45) is 0 Å². The van der Waals surface area contributed by atoms with Crippen molar-refractivity contribution in [3.63, 3.8) is 0 Å². The molecular weight excluding hydrogens is 266 g/mol. The zero-order valence-electron chi connectivity index (χ0n) is 12.3. The third-order valence-corrected chi connectivity index (χ3v) is 5.00. The Bertz CT molecular complexity index is 566. The molecule has 108 valence electrons. The third-order valence-electron chi connectivity index (χ3n) is 4.21. The van der Waals surface area contributed by atoms with Crippen molar-refractivity contribution in [2.45, 2.75) is 45.2 Å². The van der Waals surface area contributed by atoms with Gasteiger partial charge in [0.15, 0.2) is 0 Å². The molecule has 2 atom stereocenters. The first-order chi connectivity index (χ1) is 9.78. The van der Waals surface area contributed by atoms with E-state index in [0.29, 0.717) is 12.1 Å². The van der Waals surface area contributed by atoms with Gasteiger partial charge in [0, 0.05) is 24.3 Å². The van der Waals surface area contributed by atoms with Crippen LogP contribution in [-0.2, 0) is 0 Å². The molecule has 0 spiro atoms. The van der Waals surface area contributed by atoms with Crippen LogP contribution in [-0.4, -0.2) is 30.2 Å². The molecule has 2 heterocycles. The van der Waals surface area contributed by atoms with Crippen LogP contribution in [0.15, 0.2) is 23.7 Å². The number of hydrogen-bond donors (Lipinski definition) is 1. The summed E-state index contributed by atoms with van der Waals surface area (Å²) in [6.45, 7) is 6.86. The predicted molar refractivity (Wildman–Crippen MR) is 87.7 cm³/mol. The van der Waals surface area contributed by atoms with E-state index in [0.717, 1.165) is 18.6 Å². The molecule has 1 aliphatic rings. The predicted octanol–water partition coefficient (Wildman–Crippen LogP) is 3.65. The lowest BCUT2D eigenvalue weighted by atomic mass is 9.97. The van der Waals surface area contributed by atoms with Crippen molar-refractivity contribution >= 4 is 27.2 Å². The number of anilines is 1. The smallest absolute Gasteiger partial charge is 0.0813 e. The van der Waals surface area contributed by atoms with Gasteiger partial charge in [0.25, 0.3) is 0 Å². The summed E-state index contributed by atoms with van der Waals surface area (Å²) in [6, 6.07) is 7.95. The maximum absolute atomic E-state index is 4.36. The van der Waals surface area contributed by atoms with Gasteiger partial charge < -0.3 is 10.2 Å². The molecule has 2 unspecified atom stereocenters. The van der Waals surface area contributed by atoms with E-state index in [1.807, 2.05) is 5.51 Å². The molecule has 3 nitrogen and oxygen atoms in total. The number of thiazole rings is 1. The molecule has 1 aromatic heterocycles. The van der Waals surface area contributed by atoms with E-state index in [1.54, 1.807) is 11.3 Å². The Hall–Kier alpha value is -1.13.